The minimum atomic E-state index is -0.973. The van der Waals surface area contributed by atoms with E-state index in [1.165, 1.54) is 44.1 Å². The molecule has 0 radical (unpaired) electrons. The SMILES string of the molecule is CCCCCCCC[C@@H]1[C@H]2Cc3cccc(OCC(=O)O)c3C[C@H]2C[C@H]1OC(=O)C(C)N. The number of carbonyl (C=O) groups is 2. The molecular weight excluding hydrogens is 406 g/mol. The molecule has 0 aromatic heterocycles. The fraction of sp³-hybridized carbons (Fsp3) is 0.692. The number of carboxylic acid groups (broad SMARTS) is 1. The number of esters is 1. The van der Waals surface area contributed by atoms with Crippen molar-refractivity contribution >= 4 is 11.9 Å². The van der Waals surface area contributed by atoms with Crippen LogP contribution >= 0.6 is 0 Å². The second kappa shape index (κ2) is 11.7. The van der Waals surface area contributed by atoms with E-state index in [-0.39, 0.29) is 18.7 Å². The number of ether oxygens (including phenoxy) is 2. The highest BCUT2D eigenvalue weighted by atomic mass is 16.5. The van der Waals surface area contributed by atoms with Crippen molar-refractivity contribution < 1.29 is 24.2 Å². The molecule has 0 aliphatic heterocycles. The summed E-state index contributed by atoms with van der Waals surface area (Å²) in [5.41, 5.74) is 8.14. The Morgan fingerprint density at radius 1 is 1.16 bits per heavy atom. The first-order chi connectivity index (χ1) is 15.4. The molecule has 6 nitrogen and oxygen atoms in total. The van der Waals surface area contributed by atoms with Gasteiger partial charge in [-0.2, -0.15) is 0 Å². The summed E-state index contributed by atoms with van der Waals surface area (Å²) in [4.78, 5) is 23.3. The summed E-state index contributed by atoms with van der Waals surface area (Å²) in [6.07, 6.45) is 11.1. The molecule has 3 N–H and O–H groups in total. The molecule has 1 saturated carbocycles. The van der Waals surface area contributed by atoms with Gasteiger partial charge in [0.1, 0.15) is 17.9 Å². The summed E-state index contributed by atoms with van der Waals surface area (Å²) in [5, 5.41) is 8.99. The van der Waals surface area contributed by atoms with Crippen LogP contribution in [0, 0.1) is 17.8 Å². The summed E-state index contributed by atoms with van der Waals surface area (Å²) in [7, 11) is 0. The van der Waals surface area contributed by atoms with Gasteiger partial charge in [-0.3, -0.25) is 4.79 Å². The van der Waals surface area contributed by atoms with Gasteiger partial charge in [-0.05, 0) is 67.6 Å². The number of carbonyl (C=O) groups excluding carboxylic acids is 1. The minimum absolute atomic E-state index is 0.0863. The number of nitrogens with two attached hydrogens (primary N) is 1. The van der Waals surface area contributed by atoms with Crippen LogP contribution in [0.4, 0.5) is 0 Å². The quantitative estimate of drug-likeness (QED) is 0.363. The van der Waals surface area contributed by atoms with Crippen LogP contribution in [0.15, 0.2) is 18.2 Å². The summed E-state index contributed by atoms with van der Waals surface area (Å²) in [6, 6.07) is 5.32. The molecule has 5 atom stereocenters. The van der Waals surface area contributed by atoms with Crippen LogP contribution in [0.25, 0.3) is 0 Å². The molecule has 1 unspecified atom stereocenters. The maximum absolute atomic E-state index is 12.3. The van der Waals surface area contributed by atoms with Gasteiger partial charge in [0.05, 0.1) is 0 Å². The van der Waals surface area contributed by atoms with Crippen LogP contribution in [-0.4, -0.2) is 35.8 Å². The van der Waals surface area contributed by atoms with Gasteiger partial charge in [0, 0.05) is 0 Å². The van der Waals surface area contributed by atoms with Crippen molar-refractivity contribution in [2.24, 2.45) is 23.5 Å². The van der Waals surface area contributed by atoms with Gasteiger partial charge in [-0.1, -0.05) is 57.6 Å². The van der Waals surface area contributed by atoms with E-state index in [1.54, 1.807) is 6.92 Å². The van der Waals surface area contributed by atoms with E-state index >= 15 is 0 Å². The Morgan fingerprint density at radius 3 is 2.62 bits per heavy atom. The van der Waals surface area contributed by atoms with Crippen LogP contribution in [0.2, 0.25) is 0 Å². The molecule has 0 spiro atoms. The van der Waals surface area contributed by atoms with E-state index in [0.29, 0.717) is 23.5 Å². The van der Waals surface area contributed by atoms with Crippen LogP contribution in [-0.2, 0) is 27.2 Å². The second-order valence-electron chi connectivity index (χ2n) is 9.63. The van der Waals surface area contributed by atoms with Crippen molar-refractivity contribution in [2.45, 2.75) is 90.2 Å². The maximum atomic E-state index is 12.3. The summed E-state index contributed by atoms with van der Waals surface area (Å²) >= 11 is 0. The number of unbranched alkanes of at least 4 members (excludes halogenated alkanes) is 5. The highest BCUT2D eigenvalue weighted by Crippen LogP contribution is 2.49. The highest BCUT2D eigenvalue weighted by Gasteiger charge is 2.47. The molecule has 1 fully saturated rings. The van der Waals surface area contributed by atoms with Crippen LogP contribution in [0.1, 0.15) is 76.3 Å². The molecule has 1 aromatic carbocycles. The summed E-state index contributed by atoms with van der Waals surface area (Å²) < 4.78 is 11.5. The van der Waals surface area contributed by atoms with Crippen LogP contribution in [0.5, 0.6) is 5.75 Å². The van der Waals surface area contributed by atoms with E-state index in [1.807, 2.05) is 12.1 Å². The molecule has 178 valence electrons. The van der Waals surface area contributed by atoms with Gasteiger partial charge in [-0.15, -0.1) is 0 Å². The van der Waals surface area contributed by atoms with Gasteiger partial charge in [0.15, 0.2) is 6.61 Å². The molecule has 0 heterocycles. The smallest absolute Gasteiger partial charge is 0.341 e. The number of fused-ring (bicyclic) bond motifs is 2. The number of carboxylic acids is 1. The molecule has 2 aliphatic rings. The molecule has 1 aromatic rings. The fourth-order valence-electron chi connectivity index (χ4n) is 5.60. The number of hydrogen-bond donors (Lipinski definition) is 2. The topological polar surface area (TPSA) is 98.9 Å². The summed E-state index contributed by atoms with van der Waals surface area (Å²) in [6.45, 7) is 3.57. The first-order valence-electron chi connectivity index (χ1n) is 12.3. The zero-order chi connectivity index (χ0) is 23.1. The minimum Gasteiger partial charge on any atom is -0.482 e. The molecule has 0 saturated heterocycles. The number of rotatable bonds is 12. The molecule has 2 aliphatic carbocycles. The molecule has 6 heteroatoms. The van der Waals surface area contributed by atoms with Crippen molar-refractivity contribution in [2.75, 3.05) is 6.61 Å². The lowest BCUT2D eigenvalue weighted by Crippen LogP contribution is -2.34. The van der Waals surface area contributed by atoms with E-state index in [2.05, 4.69) is 13.0 Å². The predicted octanol–water partition coefficient (Wildman–Crippen LogP) is 4.51. The Balaban J connectivity index is 1.71. The fourth-order valence-corrected chi connectivity index (χ4v) is 5.60. The van der Waals surface area contributed by atoms with Crippen molar-refractivity contribution in [1.82, 2.24) is 0 Å². The number of benzene rings is 1. The Hall–Kier alpha value is -2.08. The third-order valence-corrected chi connectivity index (χ3v) is 7.20. The molecule has 0 bridgehead atoms. The maximum Gasteiger partial charge on any atom is 0.341 e. The number of aliphatic carboxylic acids is 1. The third kappa shape index (κ3) is 6.25. The first-order valence-corrected chi connectivity index (χ1v) is 12.3. The average molecular weight is 446 g/mol. The van der Waals surface area contributed by atoms with E-state index < -0.39 is 12.0 Å². The summed E-state index contributed by atoms with van der Waals surface area (Å²) in [5.74, 6) is 0.618. The van der Waals surface area contributed by atoms with Gasteiger partial charge < -0.3 is 20.3 Å². The molecule has 3 rings (SSSR count). The standard InChI is InChI=1S/C26H39NO5/c1-3-4-5-6-7-8-11-20-21-13-18-10-9-12-23(31-16-25(28)29)22(18)14-19(21)15-24(20)32-26(30)17(2)27/h9-10,12,17,19-21,24H,3-8,11,13-16,27H2,1-2H3,(H,28,29)/t17?,19-,20+,21-,24+/m0/s1. The molecule has 0 amide bonds. The zero-order valence-electron chi connectivity index (χ0n) is 19.6. The Kier molecular flexibility index (Phi) is 8.97. The van der Waals surface area contributed by atoms with Crippen LogP contribution in [0.3, 0.4) is 0 Å². The predicted molar refractivity (Wildman–Crippen MR) is 124 cm³/mol. The van der Waals surface area contributed by atoms with Crippen molar-refractivity contribution in [3.63, 3.8) is 0 Å². The lowest BCUT2D eigenvalue weighted by molar-refractivity contribution is -0.152. The van der Waals surface area contributed by atoms with E-state index in [4.69, 9.17) is 20.3 Å². The van der Waals surface area contributed by atoms with E-state index in [0.717, 1.165) is 31.2 Å². The average Bonchev–Trinajstić information content (AvgIpc) is 3.08. The highest BCUT2D eigenvalue weighted by molar-refractivity contribution is 5.75. The largest absolute Gasteiger partial charge is 0.482 e. The monoisotopic (exact) mass is 445 g/mol. The van der Waals surface area contributed by atoms with Crippen LogP contribution < -0.4 is 10.5 Å². The first kappa shape index (κ1) is 24.6. The van der Waals surface area contributed by atoms with Crippen molar-refractivity contribution in [1.29, 1.82) is 0 Å². The van der Waals surface area contributed by atoms with Crippen molar-refractivity contribution in [3.8, 4) is 5.75 Å². The Labute approximate surface area is 191 Å². The Morgan fingerprint density at radius 2 is 1.91 bits per heavy atom. The lowest BCUT2D eigenvalue weighted by atomic mass is 9.73. The lowest BCUT2D eigenvalue weighted by Gasteiger charge is -2.32. The van der Waals surface area contributed by atoms with Gasteiger partial charge >= 0.3 is 11.9 Å². The number of hydrogen-bond acceptors (Lipinski definition) is 5. The third-order valence-electron chi connectivity index (χ3n) is 7.20. The Bertz CT molecular complexity index is 777. The van der Waals surface area contributed by atoms with Gasteiger partial charge in [0.2, 0.25) is 0 Å². The van der Waals surface area contributed by atoms with Gasteiger partial charge in [-0.25, -0.2) is 4.79 Å². The van der Waals surface area contributed by atoms with E-state index in [9.17, 15) is 9.59 Å². The molecular formula is C26H39NO5. The second-order valence-corrected chi connectivity index (χ2v) is 9.63. The van der Waals surface area contributed by atoms with Crippen molar-refractivity contribution in [3.05, 3.63) is 29.3 Å². The zero-order valence-corrected chi connectivity index (χ0v) is 19.6. The molecule has 32 heavy (non-hydrogen) atoms. The van der Waals surface area contributed by atoms with Gasteiger partial charge in [0.25, 0.3) is 0 Å². The normalized spacial score (nSPS) is 25.0.